The fourth-order valence-corrected chi connectivity index (χ4v) is 4.43. The van der Waals surface area contributed by atoms with Crippen LogP contribution in [0, 0.1) is 13.8 Å². The summed E-state index contributed by atoms with van der Waals surface area (Å²) in [6.45, 7) is 7.11. The van der Waals surface area contributed by atoms with Crippen LogP contribution in [0.2, 0.25) is 0 Å². The molecule has 0 fully saturated rings. The lowest BCUT2D eigenvalue weighted by Crippen LogP contribution is -2.32. The molecule has 1 amide bonds. The Morgan fingerprint density at radius 3 is 2.58 bits per heavy atom. The van der Waals surface area contributed by atoms with Gasteiger partial charge in [0.2, 0.25) is 5.91 Å². The van der Waals surface area contributed by atoms with E-state index in [1.165, 1.54) is 5.56 Å². The first-order chi connectivity index (χ1) is 15.0. The van der Waals surface area contributed by atoms with E-state index in [-0.39, 0.29) is 12.3 Å². The van der Waals surface area contributed by atoms with Gasteiger partial charge in [-0.15, -0.1) is 0 Å². The predicted molar refractivity (Wildman–Crippen MR) is 126 cm³/mol. The first kappa shape index (κ1) is 21.0. The van der Waals surface area contributed by atoms with Gasteiger partial charge in [0.15, 0.2) is 5.13 Å². The SMILES string of the molecule is CCOc1ccc(CC(=O)N(Cc2ccccn2)c2nc3c(C)c(C)ccc3s2)cc1. The van der Waals surface area contributed by atoms with E-state index in [9.17, 15) is 4.79 Å². The summed E-state index contributed by atoms with van der Waals surface area (Å²) >= 11 is 1.54. The van der Waals surface area contributed by atoms with Crippen molar-refractivity contribution in [2.75, 3.05) is 11.5 Å². The summed E-state index contributed by atoms with van der Waals surface area (Å²) in [5.41, 5.74) is 5.07. The van der Waals surface area contributed by atoms with Crippen LogP contribution in [0.15, 0.2) is 60.8 Å². The van der Waals surface area contributed by atoms with E-state index in [1.54, 1.807) is 22.4 Å². The van der Waals surface area contributed by atoms with Gasteiger partial charge < -0.3 is 4.74 Å². The minimum Gasteiger partial charge on any atom is -0.494 e. The number of hydrogen-bond acceptors (Lipinski definition) is 5. The Kier molecular flexibility index (Phi) is 6.28. The lowest BCUT2D eigenvalue weighted by Gasteiger charge is -2.19. The summed E-state index contributed by atoms with van der Waals surface area (Å²) in [4.78, 5) is 24.4. The Morgan fingerprint density at radius 2 is 1.87 bits per heavy atom. The summed E-state index contributed by atoms with van der Waals surface area (Å²) in [6, 6.07) is 17.6. The van der Waals surface area contributed by atoms with Crippen molar-refractivity contribution in [3.63, 3.8) is 0 Å². The summed E-state index contributed by atoms with van der Waals surface area (Å²) in [7, 11) is 0. The molecule has 0 saturated carbocycles. The molecule has 2 aromatic heterocycles. The molecule has 158 valence electrons. The molecule has 5 nitrogen and oxygen atoms in total. The van der Waals surface area contributed by atoms with Crippen molar-refractivity contribution >= 4 is 32.6 Å². The highest BCUT2D eigenvalue weighted by atomic mass is 32.1. The molecule has 31 heavy (non-hydrogen) atoms. The zero-order chi connectivity index (χ0) is 21.8. The molecule has 2 aromatic carbocycles. The number of nitrogens with zero attached hydrogens (tertiary/aromatic N) is 3. The predicted octanol–water partition coefficient (Wildman–Crippen LogP) is 5.48. The minimum atomic E-state index is -0.0109. The van der Waals surface area contributed by atoms with Gasteiger partial charge in [-0.25, -0.2) is 4.98 Å². The van der Waals surface area contributed by atoms with Gasteiger partial charge in [0, 0.05) is 6.20 Å². The number of carbonyl (C=O) groups is 1. The highest BCUT2D eigenvalue weighted by Crippen LogP contribution is 2.33. The van der Waals surface area contributed by atoms with Gasteiger partial charge in [0.25, 0.3) is 0 Å². The average Bonchev–Trinajstić information content (AvgIpc) is 3.21. The standard InChI is InChI=1S/C25H25N3O2S/c1-4-30-21-11-9-19(10-12-21)15-23(29)28(16-20-7-5-6-14-26-20)25-27-24-18(3)17(2)8-13-22(24)31-25/h5-14H,4,15-16H2,1-3H3. The number of benzene rings is 2. The van der Waals surface area contributed by atoms with Gasteiger partial charge in [0.1, 0.15) is 5.75 Å². The maximum absolute atomic E-state index is 13.4. The monoisotopic (exact) mass is 431 g/mol. The molecule has 0 unspecified atom stereocenters. The number of ether oxygens (including phenoxy) is 1. The number of amides is 1. The number of anilines is 1. The van der Waals surface area contributed by atoms with Gasteiger partial charge in [-0.05, 0) is 67.8 Å². The summed E-state index contributed by atoms with van der Waals surface area (Å²) in [5.74, 6) is 0.796. The second-order valence-electron chi connectivity index (χ2n) is 7.41. The summed E-state index contributed by atoms with van der Waals surface area (Å²) < 4.78 is 6.59. The van der Waals surface area contributed by atoms with Crippen molar-refractivity contribution in [3.05, 3.63) is 83.2 Å². The van der Waals surface area contributed by atoms with Crippen molar-refractivity contribution in [1.29, 1.82) is 0 Å². The number of aryl methyl sites for hydroxylation is 2. The molecule has 0 aliphatic carbocycles. The van der Waals surface area contributed by atoms with E-state index in [4.69, 9.17) is 9.72 Å². The lowest BCUT2D eigenvalue weighted by molar-refractivity contribution is -0.118. The van der Waals surface area contributed by atoms with Crippen LogP contribution in [0.1, 0.15) is 29.3 Å². The first-order valence-corrected chi connectivity index (χ1v) is 11.2. The van der Waals surface area contributed by atoms with Crippen LogP contribution in [0.3, 0.4) is 0 Å². The van der Waals surface area contributed by atoms with E-state index in [1.807, 2.05) is 49.4 Å². The van der Waals surface area contributed by atoms with Crippen molar-refractivity contribution < 1.29 is 9.53 Å². The Labute approximate surface area is 186 Å². The van der Waals surface area contributed by atoms with Gasteiger partial charge >= 0.3 is 0 Å². The van der Waals surface area contributed by atoms with Gasteiger partial charge in [-0.3, -0.25) is 14.7 Å². The van der Waals surface area contributed by atoms with Gasteiger partial charge in [-0.1, -0.05) is 35.6 Å². The van der Waals surface area contributed by atoms with Gasteiger partial charge in [0.05, 0.1) is 35.5 Å². The third kappa shape index (κ3) is 4.75. The molecule has 4 aromatic rings. The number of thiazole rings is 1. The van der Waals surface area contributed by atoms with E-state index in [2.05, 4.69) is 31.0 Å². The maximum atomic E-state index is 13.4. The quantitative estimate of drug-likeness (QED) is 0.389. The Hall–Kier alpha value is -3.25. The maximum Gasteiger partial charge on any atom is 0.233 e. The van der Waals surface area contributed by atoms with Gasteiger partial charge in [-0.2, -0.15) is 0 Å². The van der Waals surface area contributed by atoms with E-state index in [0.29, 0.717) is 18.3 Å². The highest BCUT2D eigenvalue weighted by Gasteiger charge is 2.22. The number of carbonyl (C=O) groups excluding carboxylic acids is 1. The first-order valence-electron chi connectivity index (χ1n) is 10.3. The van der Waals surface area contributed by atoms with E-state index in [0.717, 1.165) is 32.8 Å². The molecule has 0 spiro atoms. The molecule has 0 aliphatic heterocycles. The number of fused-ring (bicyclic) bond motifs is 1. The lowest BCUT2D eigenvalue weighted by atomic mass is 10.1. The van der Waals surface area contributed by atoms with Crippen molar-refractivity contribution in [2.45, 2.75) is 33.7 Å². The third-order valence-corrected chi connectivity index (χ3v) is 6.29. The fourth-order valence-electron chi connectivity index (χ4n) is 3.39. The largest absolute Gasteiger partial charge is 0.494 e. The molecule has 0 aliphatic rings. The Bertz CT molecular complexity index is 1190. The van der Waals surface area contributed by atoms with Crippen LogP contribution in [-0.4, -0.2) is 22.5 Å². The zero-order valence-electron chi connectivity index (χ0n) is 18.0. The molecule has 6 heteroatoms. The van der Waals surface area contributed by atoms with Crippen LogP contribution in [0.4, 0.5) is 5.13 Å². The van der Waals surface area contributed by atoms with Crippen molar-refractivity contribution in [1.82, 2.24) is 9.97 Å². The Morgan fingerprint density at radius 1 is 1.06 bits per heavy atom. The summed E-state index contributed by atoms with van der Waals surface area (Å²) in [6.07, 6.45) is 2.03. The van der Waals surface area contributed by atoms with E-state index >= 15 is 0 Å². The molecule has 4 rings (SSSR count). The molecule has 0 N–H and O–H groups in total. The molecular weight excluding hydrogens is 406 g/mol. The van der Waals surface area contributed by atoms with Crippen LogP contribution in [0.25, 0.3) is 10.2 Å². The van der Waals surface area contributed by atoms with Crippen molar-refractivity contribution in [2.24, 2.45) is 0 Å². The average molecular weight is 432 g/mol. The second-order valence-corrected chi connectivity index (χ2v) is 8.41. The fraction of sp³-hybridized carbons (Fsp3) is 0.240. The third-order valence-electron chi connectivity index (χ3n) is 5.24. The number of hydrogen-bond donors (Lipinski definition) is 0. The molecule has 2 heterocycles. The number of aromatic nitrogens is 2. The topological polar surface area (TPSA) is 55.3 Å². The zero-order valence-corrected chi connectivity index (χ0v) is 18.8. The van der Waals surface area contributed by atoms with Crippen LogP contribution < -0.4 is 9.64 Å². The number of pyridine rings is 1. The number of rotatable bonds is 7. The van der Waals surface area contributed by atoms with Crippen LogP contribution in [-0.2, 0) is 17.8 Å². The van der Waals surface area contributed by atoms with E-state index < -0.39 is 0 Å². The van der Waals surface area contributed by atoms with Crippen LogP contribution in [0.5, 0.6) is 5.75 Å². The Balaban J connectivity index is 1.65. The van der Waals surface area contributed by atoms with Crippen LogP contribution >= 0.6 is 11.3 Å². The molecule has 0 atom stereocenters. The molecule has 0 saturated heterocycles. The smallest absolute Gasteiger partial charge is 0.233 e. The second kappa shape index (κ2) is 9.27. The summed E-state index contributed by atoms with van der Waals surface area (Å²) in [5, 5.41) is 0.699. The molecule has 0 bridgehead atoms. The van der Waals surface area contributed by atoms with Crippen molar-refractivity contribution in [3.8, 4) is 5.75 Å². The minimum absolute atomic E-state index is 0.0109. The molecular formula is C25H25N3O2S. The molecule has 0 radical (unpaired) electrons. The highest BCUT2D eigenvalue weighted by molar-refractivity contribution is 7.22. The normalized spacial score (nSPS) is 10.9.